The second-order valence-electron chi connectivity index (χ2n) is 6.23. The summed E-state index contributed by atoms with van der Waals surface area (Å²) in [7, 11) is -4.80. The van der Waals surface area contributed by atoms with Crippen LogP contribution in [0.5, 0.6) is 0 Å². The Morgan fingerprint density at radius 3 is 2.36 bits per heavy atom. The van der Waals surface area contributed by atoms with Crippen LogP contribution in [0.3, 0.4) is 0 Å². The van der Waals surface area contributed by atoms with E-state index in [1.165, 1.54) is 0 Å². The van der Waals surface area contributed by atoms with Gasteiger partial charge < -0.3 is 10.5 Å². The highest BCUT2D eigenvalue weighted by Gasteiger charge is 2.35. The van der Waals surface area contributed by atoms with Crippen LogP contribution in [0.1, 0.15) is 32.1 Å². The van der Waals surface area contributed by atoms with E-state index in [1.807, 2.05) is 0 Å². The number of primary amides is 1. The molecule has 1 atom stereocenters. The third-order valence-corrected chi connectivity index (χ3v) is 4.57. The summed E-state index contributed by atoms with van der Waals surface area (Å²) in [5.41, 5.74) is 2.31. The first-order valence-electron chi connectivity index (χ1n) is 7.89. The Hall–Kier alpha value is -2.44. The van der Waals surface area contributed by atoms with Crippen molar-refractivity contribution in [2.45, 2.75) is 43.7 Å². The molecule has 0 bridgehead atoms. The average molecular weight is 422 g/mol. The van der Waals surface area contributed by atoms with Crippen molar-refractivity contribution in [2.24, 2.45) is 5.73 Å². The van der Waals surface area contributed by atoms with E-state index in [-0.39, 0.29) is 11.6 Å². The van der Waals surface area contributed by atoms with Crippen LogP contribution in [-0.4, -0.2) is 29.5 Å². The van der Waals surface area contributed by atoms with Crippen LogP contribution >= 0.6 is 0 Å². The third kappa shape index (κ3) is 4.69. The second-order valence-corrected chi connectivity index (χ2v) is 7.65. The number of ether oxygens (including phenoxy) is 1. The molecule has 28 heavy (non-hydrogen) atoms. The van der Waals surface area contributed by atoms with Crippen LogP contribution in [-0.2, 0) is 25.8 Å². The summed E-state index contributed by atoms with van der Waals surface area (Å²) >= 11 is 0. The van der Waals surface area contributed by atoms with Gasteiger partial charge in [-0.05, 0) is 32.0 Å². The molecular formula is C16H17F3N2O6S. The lowest BCUT2D eigenvalue weighted by Crippen LogP contribution is -2.32. The molecule has 1 heterocycles. The number of carbonyl (C=O) groups excluding carboxylic acids is 1. The highest BCUT2D eigenvalue weighted by Crippen LogP contribution is 2.35. The Kier molecular flexibility index (Phi) is 5.87. The highest BCUT2D eigenvalue weighted by molar-refractivity contribution is 7.85. The van der Waals surface area contributed by atoms with E-state index in [9.17, 15) is 31.2 Å². The number of pyridine rings is 1. The van der Waals surface area contributed by atoms with E-state index in [1.54, 1.807) is 13.8 Å². The lowest BCUT2D eigenvalue weighted by molar-refractivity contribution is -0.136. The molecule has 0 saturated carbocycles. The minimum atomic E-state index is -4.98. The summed E-state index contributed by atoms with van der Waals surface area (Å²) in [6.07, 6.45) is -7.30. The zero-order chi connectivity index (χ0) is 21.4. The van der Waals surface area contributed by atoms with E-state index in [2.05, 4.69) is 0 Å². The first-order valence-corrected chi connectivity index (χ1v) is 9.33. The first kappa shape index (κ1) is 21.9. The molecule has 1 amide bonds. The zero-order valence-electron chi connectivity index (χ0n) is 14.7. The lowest BCUT2D eigenvalue weighted by Gasteiger charge is -2.24. The summed E-state index contributed by atoms with van der Waals surface area (Å²) in [4.78, 5) is 23.0. The van der Waals surface area contributed by atoms with Gasteiger partial charge in [0.15, 0.2) is 0 Å². The molecule has 0 fully saturated rings. The minimum Gasteiger partial charge on any atom is -0.370 e. The molecule has 0 saturated heterocycles. The van der Waals surface area contributed by atoms with Crippen LogP contribution in [0, 0.1) is 0 Å². The summed E-state index contributed by atoms with van der Waals surface area (Å²) in [5, 5.41) is -0.663. The third-order valence-electron chi connectivity index (χ3n) is 3.72. The summed E-state index contributed by atoms with van der Waals surface area (Å²) in [6.45, 7) is 3.17. The fourth-order valence-corrected chi connectivity index (χ4v) is 3.22. The van der Waals surface area contributed by atoms with E-state index < -0.39 is 62.4 Å². The summed E-state index contributed by atoms with van der Waals surface area (Å²) < 4.78 is 78.3. The van der Waals surface area contributed by atoms with Crippen LogP contribution in [0.4, 0.5) is 13.2 Å². The molecule has 1 aromatic heterocycles. The number of alkyl halides is 3. The summed E-state index contributed by atoms with van der Waals surface area (Å²) in [6, 6.07) is 2.63. The van der Waals surface area contributed by atoms with Crippen molar-refractivity contribution in [3.8, 4) is 0 Å². The largest absolute Gasteiger partial charge is 0.417 e. The molecule has 0 aliphatic carbocycles. The normalized spacial score (nSPS) is 13.8. The Labute approximate surface area is 157 Å². The number of rotatable bonds is 6. The van der Waals surface area contributed by atoms with E-state index >= 15 is 0 Å². The van der Waals surface area contributed by atoms with Crippen LogP contribution < -0.4 is 11.3 Å². The molecule has 2 rings (SSSR count). The number of amides is 1. The number of fused-ring (bicyclic) bond motifs is 1. The highest BCUT2D eigenvalue weighted by atomic mass is 32.2. The van der Waals surface area contributed by atoms with Crippen molar-refractivity contribution >= 4 is 26.9 Å². The number of benzene rings is 1. The van der Waals surface area contributed by atoms with Crippen molar-refractivity contribution in [2.75, 3.05) is 0 Å². The fraction of sp³-hybridized carbons (Fsp3) is 0.375. The van der Waals surface area contributed by atoms with Gasteiger partial charge in [-0.2, -0.15) is 21.6 Å². The van der Waals surface area contributed by atoms with Gasteiger partial charge in [-0.25, -0.2) is 0 Å². The molecule has 1 aromatic carbocycles. The SMILES string of the molecule is CC(C)OC(CC(N)=O)n1c(=O)cc(C(F)(F)F)c2cc(S(=O)(=O)O)ccc21. The number of halogens is 3. The van der Waals surface area contributed by atoms with Gasteiger partial charge in [0, 0.05) is 11.5 Å². The van der Waals surface area contributed by atoms with Crippen molar-refractivity contribution in [1.82, 2.24) is 4.57 Å². The lowest BCUT2D eigenvalue weighted by atomic mass is 10.1. The minimum absolute atomic E-state index is 0.272. The van der Waals surface area contributed by atoms with Gasteiger partial charge in [-0.15, -0.1) is 0 Å². The Morgan fingerprint density at radius 1 is 1.29 bits per heavy atom. The van der Waals surface area contributed by atoms with Gasteiger partial charge in [-0.3, -0.25) is 18.7 Å². The van der Waals surface area contributed by atoms with E-state index in [4.69, 9.17) is 15.0 Å². The second kappa shape index (κ2) is 7.53. The zero-order valence-corrected chi connectivity index (χ0v) is 15.5. The van der Waals surface area contributed by atoms with Crippen LogP contribution in [0.15, 0.2) is 34.0 Å². The molecule has 0 spiro atoms. The number of hydrogen-bond donors (Lipinski definition) is 2. The smallest absolute Gasteiger partial charge is 0.370 e. The number of nitrogens with zero attached hydrogens (tertiary/aromatic N) is 1. The van der Waals surface area contributed by atoms with Crippen LogP contribution in [0.2, 0.25) is 0 Å². The maximum atomic E-state index is 13.4. The van der Waals surface area contributed by atoms with Gasteiger partial charge in [0.1, 0.15) is 6.23 Å². The molecule has 0 aliphatic rings. The monoisotopic (exact) mass is 422 g/mol. The van der Waals surface area contributed by atoms with Crippen LogP contribution in [0.25, 0.3) is 10.9 Å². The quantitative estimate of drug-likeness (QED) is 0.686. The maximum Gasteiger partial charge on any atom is 0.417 e. The summed E-state index contributed by atoms with van der Waals surface area (Å²) in [5.74, 6) is -0.861. The van der Waals surface area contributed by atoms with E-state index in [0.29, 0.717) is 6.07 Å². The predicted molar refractivity (Wildman–Crippen MR) is 92.1 cm³/mol. The molecule has 1 unspecified atom stereocenters. The maximum absolute atomic E-state index is 13.4. The standard InChI is InChI=1S/C16H17F3N2O6S/c1-8(2)27-15(7-13(20)22)21-12-4-3-9(28(24,25)26)5-10(12)11(6-14(21)23)16(17,18)19/h3-6,8,15H,7H2,1-2H3,(H2,20,22)(H,24,25,26). The predicted octanol–water partition coefficient (Wildman–Crippen LogP) is 2.07. The van der Waals surface area contributed by atoms with Crippen molar-refractivity contribution < 1.29 is 35.7 Å². The van der Waals surface area contributed by atoms with Crippen molar-refractivity contribution in [3.63, 3.8) is 0 Å². The number of hydrogen-bond acceptors (Lipinski definition) is 5. The average Bonchev–Trinajstić information content (AvgIpc) is 2.50. The van der Waals surface area contributed by atoms with Gasteiger partial charge in [0.2, 0.25) is 5.91 Å². The van der Waals surface area contributed by atoms with E-state index in [0.717, 1.165) is 16.7 Å². The van der Waals surface area contributed by atoms with Gasteiger partial charge >= 0.3 is 6.18 Å². The molecule has 2 aromatic rings. The first-order chi connectivity index (χ1) is 12.7. The van der Waals surface area contributed by atoms with Crippen molar-refractivity contribution in [1.29, 1.82) is 0 Å². The molecule has 154 valence electrons. The molecule has 8 nitrogen and oxygen atoms in total. The molecule has 3 N–H and O–H groups in total. The number of nitrogens with two attached hydrogens (primary N) is 1. The Bertz CT molecular complexity index is 1080. The molecule has 0 aliphatic heterocycles. The number of carbonyl (C=O) groups is 1. The van der Waals surface area contributed by atoms with Gasteiger partial charge in [0.25, 0.3) is 15.7 Å². The molecular weight excluding hydrogens is 405 g/mol. The number of aromatic nitrogens is 1. The fourth-order valence-electron chi connectivity index (χ4n) is 2.71. The topological polar surface area (TPSA) is 129 Å². The molecule has 12 heteroatoms. The van der Waals surface area contributed by atoms with Gasteiger partial charge in [0.05, 0.1) is 28.5 Å². The Balaban J connectivity index is 2.93. The Morgan fingerprint density at radius 2 is 1.89 bits per heavy atom. The van der Waals surface area contributed by atoms with Crippen molar-refractivity contribution in [3.05, 3.63) is 40.2 Å². The molecule has 0 radical (unpaired) electrons. The van der Waals surface area contributed by atoms with Gasteiger partial charge in [-0.1, -0.05) is 0 Å².